The van der Waals surface area contributed by atoms with Crippen molar-refractivity contribution in [1.82, 2.24) is 14.7 Å². The first-order valence-electron chi connectivity index (χ1n) is 6.08. The van der Waals surface area contributed by atoms with Crippen LogP contribution in [0.15, 0.2) is 6.20 Å². The van der Waals surface area contributed by atoms with Gasteiger partial charge in [-0.3, -0.25) is 4.68 Å². The summed E-state index contributed by atoms with van der Waals surface area (Å²) >= 11 is 9.97. The second-order valence-corrected chi connectivity index (χ2v) is 6.71. The highest BCUT2D eigenvalue weighted by Crippen LogP contribution is 2.40. The van der Waals surface area contributed by atoms with Gasteiger partial charge in [0.25, 0.3) is 0 Å². The van der Waals surface area contributed by atoms with E-state index in [1.165, 1.54) is 25.0 Å². The summed E-state index contributed by atoms with van der Waals surface area (Å²) in [4.78, 5) is 2.81. The second-order valence-electron chi connectivity index (χ2n) is 5.01. The average molecular weight is 321 g/mol. The summed E-state index contributed by atoms with van der Waals surface area (Å²) in [5.41, 5.74) is 1.23. The molecule has 1 aromatic heterocycles. The number of hydrogen-bond acceptors (Lipinski definition) is 2. The molecule has 1 saturated carbocycles. The van der Waals surface area contributed by atoms with Crippen LogP contribution in [0, 0.1) is 0 Å². The molecule has 0 N–H and O–H groups in total. The van der Waals surface area contributed by atoms with Gasteiger partial charge in [0.05, 0.1) is 23.5 Å². The van der Waals surface area contributed by atoms with Crippen molar-refractivity contribution in [2.75, 3.05) is 20.6 Å². The zero-order chi connectivity index (χ0) is 12.4. The van der Waals surface area contributed by atoms with Gasteiger partial charge in [-0.1, -0.05) is 27.5 Å². The first-order valence-corrected chi connectivity index (χ1v) is 7.37. The average Bonchev–Trinajstić information content (AvgIpc) is 2.82. The zero-order valence-electron chi connectivity index (χ0n) is 10.4. The molecule has 1 fully saturated rings. The van der Waals surface area contributed by atoms with E-state index < -0.39 is 0 Å². The fraction of sp³-hybridized carbons (Fsp3) is 0.750. The molecule has 2 rings (SSSR count). The van der Waals surface area contributed by atoms with Crippen molar-refractivity contribution in [1.29, 1.82) is 0 Å². The van der Waals surface area contributed by atoms with E-state index in [2.05, 4.69) is 44.7 Å². The molecule has 2 atom stereocenters. The second kappa shape index (κ2) is 5.72. The first-order chi connectivity index (χ1) is 8.08. The van der Waals surface area contributed by atoms with Crippen LogP contribution in [0.3, 0.4) is 0 Å². The molecule has 5 heteroatoms. The molecule has 3 nitrogen and oxygen atoms in total. The molecule has 0 saturated heterocycles. The highest BCUT2D eigenvalue weighted by molar-refractivity contribution is 9.09. The van der Waals surface area contributed by atoms with Gasteiger partial charge in [-0.2, -0.15) is 5.10 Å². The SMILES string of the molecule is CN(C)CCn1ncc(Cl)c1C1CCC(Br)C1. The van der Waals surface area contributed by atoms with Gasteiger partial charge in [-0.05, 0) is 33.4 Å². The fourth-order valence-corrected chi connectivity index (χ4v) is 3.44. The standard InChI is InChI=1S/C12H19BrClN3/c1-16(2)5-6-17-12(11(14)8-15-17)9-3-4-10(13)7-9/h8-10H,3-7H2,1-2H3. The third-order valence-corrected chi connectivity index (χ3v) is 4.47. The van der Waals surface area contributed by atoms with E-state index in [4.69, 9.17) is 11.6 Å². The molecule has 17 heavy (non-hydrogen) atoms. The number of aromatic nitrogens is 2. The molecule has 1 aliphatic carbocycles. The van der Waals surface area contributed by atoms with Gasteiger partial charge < -0.3 is 4.90 Å². The van der Waals surface area contributed by atoms with E-state index >= 15 is 0 Å². The van der Waals surface area contributed by atoms with Crippen molar-refractivity contribution in [3.63, 3.8) is 0 Å². The topological polar surface area (TPSA) is 21.1 Å². The van der Waals surface area contributed by atoms with E-state index in [0.29, 0.717) is 10.7 Å². The molecule has 0 radical (unpaired) electrons. The van der Waals surface area contributed by atoms with Gasteiger partial charge in [0.2, 0.25) is 0 Å². The number of hydrogen-bond donors (Lipinski definition) is 0. The van der Waals surface area contributed by atoms with Crippen molar-refractivity contribution in [3.8, 4) is 0 Å². The highest BCUT2D eigenvalue weighted by atomic mass is 79.9. The van der Waals surface area contributed by atoms with Gasteiger partial charge in [0, 0.05) is 17.3 Å². The number of rotatable bonds is 4. The molecule has 0 aliphatic heterocycles. The smallest absolute Gasteiger partial charge is 0.0820 e. The van der Waals surface area contributed by atoms with Crippen LogP contribution in [0.2, 0.25) is 5.02 Å². The number of alkyl halides is 1. The largest absolute Gasteiger partial charge is 0.308 e. The lowest BCUT2D eigenvalue weighted by Crippen LogP contribution is -2.20. The summed E-state index contributed by atoms with van der Waals surface area (Å²) in [5.74, 6) is 0.566. The lowest BCUT2D eigenvalue weighted by atomic mass is 10.0. The zero-order valence-corrected chi connectivity index (χ0v) is 12.7. The fourth-order valence-electron chi connectivity index (χ4n) is 2.43. The van der Waals surface area contributed by atoms with E-state index in [-0.39, 0.29) is 0 Å². The predicted octanol–water partition coefficient (Wildman–Crippen LogP) is 3.13. The monoisotopic (exact) mass is 319 g/mol. The quantitative estimate of drug-likeness (QED) is 0.795. The Kier molecular flexibility index (Phi) is 4.50. The van der Waals surface area contributed by atoms with E-state index in [1.807, 2.05) is 0 Å². The van der Waals surface area contributed by atoms with Crippen LogP contribution in [0.4, 0.5) is 0 Å². The van der Waals surface area contributed by atoms with Crippen LogP contribution < -0.4 is 0 Å². The van der Waals surface area contributed by atoms with Crippen LogP contribution in [-0.2, 0) is 6.54 Å². The Balaban J connectivity index is 2.12. The summed E-state index contributed by atoms with van der Waals surface area (Å²) in [5, 5.41) is 5.23. The Hall–Kier alpha value is -0.0600. The van der Waals surface area contributed by atoms with Gasteiger partial charge in [-0.15, -0.1) is 0 Å². The highest BCUT2D eigenvalue weighted by Gasteiger charge is 2.28. The first kappa shape index (κ1) is 13.4. The third-order valence-electron chi connectivity index (χ3n) is 3.35. The van der Waals surface area contributed by atoms with E-state index in [0.717, 1.165) is 18.1 Å². The molecule has 0 amide bonds. The molecule has 1 heterocycles. The summed E-state index contributed by atoms with van der Waals surface area (Å²) in [6, 6.07) is 0. The number of halogens is 2. The van der Waals surface area contributed by atoms with Crippen LogP contribution in [0.1, 0.15) is 30.9 Å². The molecule has 0 aromatic carbocycles. The van der Waals surface area contributed by atoms with Crippen LogP contribution in [0.25, 0.3) is 0 Å². The van der Waals surface area contributed by atoms with Crippen molar-refractivity contribution in [3.05, 3.63) is 16.9 Å². The van der Waals surface area contributed by atoms with Gasteiger partial charge in [0.1, 0.15) is 0 Å². The molecule has 1 aromatic rings. The van der Waals surface area contributed by atoms with Crippen molar-refractivity contribution in [2.24, 2.45) is 0 Å². The Morgan fingerprint density at radius 3 is 2.88 bits per heavy atom. The molecule has 96 valence electrons. The maximum absolute atomic E-state index is 6.28. The Labute approximate surface area is 116 Å². The van der Waals surface area contributed by atoms with Gasteiger partial charge in [-0.25, -0.2) is 0 Å². The Morgan fingerprint density at radius 1 is 1.53 bits per heavy atom. The minimum atomic E-state index is 0.566. The lowest BCUT2D eigenvalue weighted by Gasteiger charge is -2.16. The third kappa shape index (κ3) is 3.24. The molecule has 0 bridgehead atoms. The van der Waals surface area contributed by atoms with Crippen LogP contribution in [0.5, 0.6) is 0 Å². The maximum Gasteiger partial charge on any atom is 0.0820 e. The molecule has 2 unspecified atom stereocenters. The minimum absolute atomic E-state index is 0.566. The molecular weight excluding hydrogens is 302 g/mol. The minimum Gasteiger partial charge on any atom is -0.308 e. The van der Waals surface area contributed by atoms with Crippen molar-refractivity contribution >= 4 is 27.5 Å². The van der Waals surface area contributed by atoms with Crippen LogP contribution in [-0.4, -0.2) is 40.1 Å². The van der Waals surface area contributed by atoms with Crippen molar-refractivity contribution < 1.29 is 0 Å². The summed E-state index contributed by atoms with van der Waals surface area (Å²) in [7, 11) is 4.16. The van der Waals surface area contributed by atoms with Crippen LogP contribution >= 0.6 is 27.5 Å². The summed E-state index contributed by atoms with van der Waals surface area (Å²) in [6.45, 7) is 1.91. The Morgan fingerprint density at radius 2 is 2.29 bits per heavy atom. The lowest BCUT2D eigenvalue weighted by molar-refractivity contribution is 0.366. The van der Waals surface area contributed by atoms with E-state index in [1.54, 1.807) is 6.20 Å². The Bertz CT molecular complexity index is 378. The molecular formula is C12H19BrClN3. The van der Waals surface area contributed by atoms with Crippen molar-refractivity contribution in [2.45, 2.75) is 36.6 Å². The van der Waals surface area contributed by atoms with Gasteiger partial charge in [0.15, 0.2) is 0 Å². The maximum atomic E-state index is 6.28. The van der Waals surface area contributed by atoms with Gasteiger partial charge >= 0.3 is 0 Å². The molecule has 0 spiro atoms. The predicted molar refractivity (Wildman–Crippen MR) is 75.1 cm³/mol. The molecule has 1 aliphatic rings. The normalized spacial score (nSPS) is 24.8. The van der Waals surface area contributed by atoms with E-state index in [9.17, 15) is 0 Å². The summed E-state index contributed by atoms with van der Waals surface area (Å²) < 4.78 is 2.08. The summed E-state index contributed by atoms with van der Waals surface area (Å²) in [6.07, 6.45) is 5.41. The number of nitrogens with zero attached hydrogens (tertiary/aromatic N) is 3. The number of likely N-dealkylation sites (N-methyl/N-ethyl adjacent to an activating group) is 1.